The van der Waals surface area contributed by atoms with E-state index < -0.39 is 22.9 Å². The van der Waals surface area contributed by atoms with E-state index in [2.05, 4.69) is 55.6 Å². The molecule has 0 saturated carbocycles. The predicted molar refractivity (Wildman–Crippen MR) is 104 cm³/mol. The molecule has 0 fully saturated rings. The van der Waals surface area contributed by atoms with Crippen molar-refractivity contribution in [1.29, 1.82) is 0 Å². The van der Waals surface area contributed by atoms with Gasteiger partial charge in [0, 0.05) is 9.52 Å². The molecule has 0 atom stereocenters. The fraction of sp³-hybridized carbons (Fsp3) is 0.111. The third kappa shape index (κ3) is 10.7. The van der Waals surface area contributed by atoms with Crippen LogP contribution in [-0.4, -0.2) is 15.4 Å². The van der Waals surface area contributed by atoms with Crippen molar-refractivity contribution in [3.63, 3.8) is 0 Å². The fourth-order valence-corrected chi connectivity index (χ4v) is 1.66. The molecule has 6 heteroatoms. The summed E-state index contributed by atoms with van der Waals surface area (Å²) in [7, 11) is 10.9. The van der Waals surface area contributed by atoms with Gasteiger partial charge in [0.15, 0.2) is 0 Å². The van der Waals surface area contributed by atoms with Crippen molar-refractivity contribution in [3.8, 4) is 0 Å². The molecule has 1 amide bonds. The zero-order chi connectivity index (χ0) is 18.2. The van der Waals surface area contributed by atoms with Gasteiger partial charge in [-0.3, -0.25) is 0 Å². The number of fused-ring (bicyclic) bond motifs is 1. The molecule has 2 nitrogen and oxygen atoms in total. The van der Waals surface area contributed by atoms with Gasteiger partial charge < -0.3 is 10.5 Å². The van der Waals surface area contributed by atoms with E-state index in [1.807, 2.05) is 6.07 Å². The van der Waals surface area contributed by atoms with Crippen molar-refractivity contribution in [2.75, 3.05) is 0 Å². The van der Waals surface area contributed by atoms with Crippen LogP contribution < -0.4 is 0 Å². The Morgan fingerprint density at radius 1 is 1.00 bits per heavy atom. The van der Waals surface area contributed by atoms with Crippen LogP contribution >= 0.6 is 18.6 Å². The van der Waals surface area contributed by atoms with Crippen molar-refractivity contribution in [2.45, 2.75) is 13.1 Å². The van der Waals surface area contributed by atoms with E-state index in [1.165, 1.54) is 10.8 Å². The molecule has 0 aliphatic heterocycles. The molecule has 3 aromatic carbocycles. The van der Waals surface area contributed by atoms with Gasteiger partial charge in [-0.1, -0.05) is 49.5 Å². The van der Waals surface area contributed by atoms with Gasteiger partial charge in [-0.15, -0.1) is 29.7 Å². The van der Waals surface area contributed by atoms with Gasteiger partial charge in [-0.2, -0.15) is 17.5 Å². The Morgan fingerprint density at radius 3 is 1.96 bits per heavy atom. The molecule has 126 valence electrons. The summed E-state index contributed by atoms with van der Waals surface area (Å²) in [6.45, 7) is 4.31. The van der Waals surface area contributed by atoms with Crippen LogP contribution in [0.15, 0.2) is 72.8 Å². The van der Waals surface area contributed by atoms with Crippen LogP contribution in [0, 0.1) is 0 Å². The molecule has 0 saturated heterocycles. The van der Waals surface area contributed by atoms with Crippen LogP contribution in [0.4, 0.5) is 0 Å². The summed E-state index contributed by atoms with van der Waals surface area (Å²) in [5.41, 5.74) is 7.12. The molecule has 2 radical (unpaired) electrons. The van der Waals surface area contributed by atoms with Gasteiger partial charge >= 0.3 is 35.6 Å². The molecule has 24 heavy (non-hydrogen) atoms. The van der Waals surface area contributed by atoms with Gasteiger partial charge in [0.1, 0.15) is 0 Å². The number of nitrogens with one attached hydrogen (secondary N) is 1. The average Bonchev–Trinajstić information content (AvgIpc) is 3.06. The van der Waals surface area contributed by atoms with E-state index in [4.69, 9.17) is 24.3 Å². The third-order valence-electron chi connectivity index (χ3n) is 2.58. The predicted octanol–water partition coefficient (Wildman–Crippen LogP) is 6.60. The van der Waals surface area contributed by atoms with Crippen LogP contribution in [-0.2, 0) is 17.0 Å². The van der Waals surface area contributed by atoms with Crippen LogP contribution in [0.3, 0.4) is 0 Å². The Labute approximate surface area is 163 Å². The molecule has 3 aromatic rings. The van der Waals surface area contributed by atoms with Gasteiger partial charge in [-0.05, 0) is 5.56 Å². The summed E-state index contributed by atoms with van der Waals surface area (Å²) < 4.78 is 0. The standard InChI is InChI=1S/C9H7.C7H7NO.C2H6Si.2ClH.Ti/c1-2-5-9-7-3-6-8(9)4-1;8-7(9)6-4-2-1-3-5-6;1-3-2;;;/h1-7H;1-5H,(H2,8,9);1-2H3;2*1H;/q-1;;;;;+2/p-3. The van der Waals surface area contributed by atoms with E-state index in [0.29, 0.717) is 5.56 Å². The Hall–Kier alpha value is -0.969. The molecular weight excluding hydrogens is 393 g/mol. The topological polar surface area (TPSA) is 40.9 Å². The Balaban J connectivity index is 0.000000335. The first-order valence-corrected chi connectivity index (χ1v) is 13.4. The van der Waals surface area contributed by atoms with E-state index in [-0.39, 0.29) is 0 Å². The first-order chi connectivity index (χ1) is 11.6. The number of hydrogen-bond acceptors (Lipinski definition) is 1. The zero-order valence-electron chi connectivity index (χ0n) is 13.6. The number of benzene rings is 2. The first-order valence-electron chi connectivity index (χ1n) is 7.06. The molecule has 0 bridgehead atoms. The Kier molecular flexibility index (Phi) is 14.9. The molecule has 3 rings (SSSR count). The minimum Gasteiger partial charge on any atom is -0.664 e. The van der Waals surface area contributed by atoms with E-state index in [9.17, 15) is 4.79 Å². The summed E-state index contributed by atoms with van der Waals surface area (Å²) in [5, 5.41) is 2.66. The van der Waals surface area contributed by atoms with E-state index in [1.54, 1.807) is 24.3 Å². The number of hydrogen-bond donors (Lipinski definition) is 0. The fourth-order valence-electron chi connectivity index (χ4n) is 1.66. The number of rotatable bonds is 1. The van der Waals surface area contributed by atoms with Crippen molar-refractivity contribution < 1.29 is 21.8 Å². The summed E-state index contributed by atoms with van der Waals surface area (Å²) in [6, 6.07) is 23.2. The summed E-state index contributed by atoms with van der Waals surface area (Å²) in [4.78, 5) is 10.3. The minimum absolute atomic E-state index is 0.442. The second-order valence-electron chi connectivity index (χ2n) is 4.42. The normalized spacial score (nSPS) is 8.50. The van der Waals surface area contributed by atoms with Crippen molar-refractivity contribution in [1.82, 2.24) is 0 Å². The second kappa shape index (κ2) is 15.6. The van der Waals surface area contributed by atoms with Gasteiger partial charge in [0.2, 0.25) is 0 Å². The molecular formula is C18H19Cl2NOSiTi-2. The molecule has 0 aromatic heterocycles. The first kappa shape index (κ1) is 23.0. The number of carbonyl (C=O) groups excluding carboxylic acids is 1. The summed E-state index contributed by atoms with van der Waals surface area (Å²) >= 11 is -0.556. The van der Waals surface area contributed by atoms with Crippen molar-refractivity contribution in [3.05, 3.63) is 84.1 Å². The molecule has 1 N–H and O–H groups in total. The van der Waals surface area contributed by atoms with Crippen molar-refractivity contribution >= 4 is 44.8 Å². The van der Waals surface area contributed by atoms with Gasteiger partial charge in [0.25, 0.3) is 0 Å². The largest absolute Gasteiger partial charge is 0.664 e. The quantitative estimate of drug-likeness (QED) is 0.328. The molecule has 0 aliphatic carbocycles. The molecule has 0 heterocycles. The van der Waals surface area contributed by atoms with Crippen LogP contribution in [0.25, 0.3) is 16.5 Å². The number of carbonyl (C=O) groups is 1. The summed E-state index contributed by atoms with van der Waals surface area (Å²) in [6.07, 6.45) is 0. The van der Waals surface area contributed by atoms with E-state index >= 15 is 0 Å². The monoisotopic (exact) mass is 411 g/mol. The van der Waals surface area contributed by atoms with Gasteiger partial charge in [-0.25, -0.2) is 0 Å². The SMILES string of the molecule is C[Si]C.[Cl][Ti][Cl].[NH-]C(=O)c1ccccc1.c1ccc2[cH-]ccc2c1. The van der Waals surface area contributed by atoms with Crippen molar-refractivity contribution in [2.24, 2.45) is 0 Å². The average molecular weight is 412 g/mol. The van der Waals surface area contributed by atoms with Gasteiger partial charge in [0.05, 0.1) is 5.91 Å². The smallest absolute Gasteiger partial charge is 0.0796 e. The Morgan fingerprint density at radius 2 is 1.50 bits per heavy atom. The molecule has 0 unspecified atom stereocenters. The Bertz CT molecular complexity index is 645. The number of amides is 1. The molecule has 0 aliphatic rings. The maximum absolute atomic E-state index is 10.3. The van der Waals surface area contributed by atoms with Crippen LogP contribution in [0.1, 0.15) is 10.4 Å². The second-order valence-corrected chi connectivity index (χ2v) is 8.00. The molecule has 0 spiro atoms. The summed E-state index contributed by atoms with van der Waals surface area (Å²) in [5.74, 6) is -0.629. The van der Waals surface area contributed by atoms with Crippen LogP contribution in [0.2, 0.25) is 13.1 Å². The third-order valence-corrected chi connectivity index (χ3v) is 2.58. The maximum Gasteiger partial charge on any atom is 0.0796 e. The maximum atomic E-state index is 10.3. The zero-order valence-corrected chi connectivity index (χ0v) is 17.7. The van der Waals surface area contributed by atoms with Crippen LogP contribution in [0.5, 0.6) is 0 Å². The minimum atomic E-state index is -0.629. The number of halogens is 2. The van der Waals surface area contributed by atoms with E-state index in [0.717, 1.165) is 9.52 Å².